The smallest absolute Gasteiger partial charge is 0.123 e. The monoisotopic (exact) mass is 389 g/mol. The molecule has 0 aliphatic rings. The summed E-state index contributed by atoms with van der Waals surface area (Å²) in [6.45, 7) is 5.29. The minimum absolute atomic E-state index is 0.531. The first-order valence-electron chi connectivity index (χ1n) is 12.2. The minimum Gasteiger partial charge on any atom is -0.507 e. The summed E-state index contributed by atoms with van der Waals surface area (Å²) in [5.74, 6) is 0.531. The first kappa shape index (κ1) is 25.0. The Morgan fingerprint density at radius 2 is 1.11 bits per heavy atom. The molecule has 1 aromatic carbocycles. The van der Waals surface area contributed by atoms with E-state index in [0.717, 1.165) is 24.9 Å². The molecule has 2 nitrogen and oxygen atoms in total. The standard InChI is InChI=1S/C26H47NO/c1-4-6-8-10-12-14-16-18-23-20-24(26(28)25(21-23)22-27-3)19-17-15-13-11-9-7-5-2/h20-21,27-28H,4-19,22H2,1-3H3. The van der Waals surface area contributed by atoms with Gasteiger partial charge < -0.3 is 10.4 Å². The third kappa shape index (κ3) is 11.1. The largest absolute Gasteiger partial charge is 0.507 e. The number of aryl methyl sites for hydroxylation is 2. The van der Waals surface area contributed by atoms with Gasteiger partial charge >= 0.3 is 0 Å². The molecule has 0 saturated carbocycles. The van der Waals surface area contributed by atoms with Gasteiger partial charge in [0.25, 0.3) is 0 Å². The molecule has 0 aromatic heterocycles. The van der Waals surface area contributed by atoms with E-state index in [9.17, 15) is 5.11 Å². The van der Waals surface area contributed by atoms with Gasteiger partial charge in [-0.15, -0.1) is 0 Å². The predicted octanol–water partition coefficient (Wildman–Crippen LogP) is 7.70. The lowest BCUT2D eigenvalue weighted by molar-refractivity contribution is 0.456. The van der Waals surface area contributed by atoms with Crippen LogP contribution in [0.3, 0.4) is 0 Å². The highest BCUT2D eigenvalue weighted by Gasteiger charge is 2.10. The van der Waals surface area contributed by atoms with E-state index < -0.39 is 0 Å². The topological polar surface area (TPSA) is 32.3 Å². The van der Waals surface area contributed by atoms with Gasteiger partial charge in [-0.3, -0.25) is 0 Å². The van der Waals surface area contributed by atoms with Crippen molar-refractivity contribution in [3.8, 4) is 5.75 Å². The van der Waals surface area contributed by atoms with E-state index in [1.807, 2.05) is 7.05 Å². The molecule has 0 spiro atoms. The summed E-state index contributed by atoms with van der Waals surface area (Å²) < 4.78 is 0. The van der Waals surface area contributed by atoms with Crippen molar-refractivity contribution in [3.05, 3.63) is 28.8 Å². The van der Waals surface area contributed by atoms with Crippen molar-refractivity contribution in [3.63, 3.8) is 0 Å². The SMILES string of the molecule is CCCCCCCCCc1cc(CCCCCCCCC)c(O)c(CNC)c1. The molecular formula is C26H47NO. The molecule has 162 valence electrons. The fourth-order valence-electron chi connectivity index (χ4n) is 4.05. The quantitative estimate of drug-likeness (QED) is 0.252. The molecule has 0 saturated heterocycles. The zero-order valence-electron chi connectivity index (χ0n) is 19.1. The number of phenolic OH excluding ortho intramolecular Hbond substituents is 1. The lowest BCUT2D eigenvalue weighted by atomic mass is 9.96. The summed E-state index contributed by atoms with van der Waals surface area (Å²) >= 11 is 0. The molecule has 0 bridgehead atoms. The molecule has 0 atom stereocenters. The molecular weight excluding hydrogens is 342 g/mol. The Labute approximate surface area is 175 Å². The maximum absolute atomic E-state index is 10.7. The zero-order valence-corrected chi connectivity index (χ0v) is 19.1. The van der Waals surface area contributed by atoms with E-state index in [1.165, 1.54) is 101 Å². The number of aromatic hydroxyl groups is 1. The number of benzene rings is 1. The summed E-state index contributed by atoms with van der Waals surface area (Å²) in [5, 5.41) is 13.9. The van der Waals surface area contributed by atoms with Crippen LogP contribution in [0.5, 0.6) is 5.75 Å². The maximum atomic E-state index is 10.7. The third-order valence-electron chi connectivity index (χ3n) is 5.81. The number of rotatable bonds is 18. The molecule has 0 unspecified atom stereocenters. The van der Waals surface area contributed by atoms with Gasteiger partial charge in [0.1, 0.15) is 5.75 Å². The summed E-state index contributed by atoms with van der Waals surface area (Å²) in [4.78, 5) is 0. The molecule has 1 rings (SSSR count). The van der Waals surface area contributed by atoms with E-state index in [1.54, 1.807) is 0 Å². The van der Waals surface area contributed by atoms with Crippen LogP contribution in [0, 0.1) is 0 Å². The fourth-order valence-corrected chi connectivity index (χ4v) is 4.05. The van der Waals surface area contributed by atoms with Crippen molar-refractivity contribution in [2.75, 3.05) is 7.05 Å². The molecule has 2 N–H and O–H groups in total. The Kier molecular flexibility index (Phi) is 15.1. The average molecular weight is 390 g/mol. The van der Waals surface area contributed by atoms with Crippen LogP contribution < -0.4 is 5.32 Å². The minimum atomic E-state index is 0.531. The highest BCUT2D eigenvalue weighted by molar-refractivity contribution is 5.44. The van der Waals surface area contributed by atoms with Crippen molar-refractivity contribution >= 4 is 0 Å². The lowest BCUT2D eigenvalue weighted by Gasteiger charge is -2.13. The van der Waals surface area contributed by atoms with Gasteiger partial charge in [0, 0.05) is 12.1 Å². The first-order chi connectivity index (χ1) is 13.7. The van der Waals surface area contributed by atoms with Gasteiger partial charge in [0.05, 0.1) is 0 Å². The number of unbranched alkanes of at least 4 members (excludes halogenated alkanes) is 12. The molecule has 0 amide bonds. The van der Waals surface area contributed by atoms with Gasteiger partial charge in [-0.2, -0.15) is 0 Å². The number of nitrogens with one attached hydrogen (secondary N) is 1. The summed E-state index contributed by atoms with van der Waals surface area (Å²) in [5.41, 5.74) is 3.65. The Bertz CT molecular complexity index is 497. The molecule has 0 aliphatic carbocycles. The molecule has 0 fully saturated rings. The van der Waals surface area contributed by atoms with E-state index in [4.69, 9.17) is 0 Å². The molecule has 0 aliphatic heterocycles. The average Bonchev–Trinajstić information content (AvgIpc) is 2.69. The van der Waals surface area contributed by atoms with Crippen molar-refractivity contribution < 1.29 is 5.11 Å². The van der Waals surface area contributed by atoms with Crippen molar-refractivity contribution in [1.29, 1.82) is 0 Å². The normalized spacial score (nSPS) is 11.2. The maximum Gasteiger partial charge on any atom is 0.123 e. The predicted molar refractivity (Wildman–Crippen MR) is 124 cm³/mol. The van der Waals surface area contributed by atoms with E-state index in [-0.39, 0.29) is 0 Å². The lowest BCUT2D eigenvalue weighted by Crippen LogP contribution is -2.07. The van der Waals surface area contributed by atoms with E-state index >= 15 is 0 Å². The van der Waals surface area contributed by atoms with Crippen LogP contribution in [0.15, 0.2) is 12.1 Å². The van der Waals surface area contributed by atoms with Crippen LogP contribution in [0.4, 0.5) is 0 Å². The summed E-state index contributed by atoms with van der Waals surface area (Å²) in [6, 6.07) is 4.50. The molecule has 0 radical (unpaired) electrons. The highest BCUT2D eigenvalue weighted by atomic mass is 16.3. The van der Waals surface area contributed by atoms with Gasteiger partial charge in [-0.1, -0.05) is 103 Å². The fraction of sp³-hybridized carbons (Fsp3) is 0.769. The Hall–Kier alpha value is -1.02. The van der Waals surface area contributed by atoms with Crippen LogP contribution in [-0.2, 0) is 19.4 Å². The van der Waals surface area contributed by atoms with Crippen molar-refractivity contribution in [2.24, 2.45) is 0 Å². The third-order valence-corrected chi connectivity index (χ3v) is 5.81. The number of hydrogen-bond acceptors (Lipinski definition) is 2. The van der Waals surface area contributed by atoms with Crippen LogP contribution in [0.25, 0.3) is 0 Å². The van der Waals surface area contributed by atoms with Crippen molar-refractivity contribution in [2.45, 2.75) is 123 Å². The molecule has 2 heteroatoms. The molecule has 28 heavy (non-hydrogen) atoms. The molecule has 0 heterocycles. The van der Waals surface area contributed by atoms with E-state index in [0.29, 0.717) is 5.75 Å². The van der Waals surface area contributed by atoms with Crippen LogP contribution in [0.2, 0.25) is 0 Å². The second kappa shape index (κ2) is 16.9. The van der Waals surface area contributed by atoms with Gasteiger partial charge in [0.15, 0.2) is 0 Å². The van der Waals surface area contributed by atoms with Crippen LogP contribution >= 0.6 is 0 Å². The number of phenols is 1. The molecule has 1 aromatic rings. The summed E-state index contributed by atoms with van der Waals surface area (Å²) in [6.07, 6.45) is 20.9. The van der Waals surface area contributed by atoms with Crippen molar-refractivity contribution in [1.82, 2.24) is 5.32 Å². The Morgan fingerprint density at radius 3 is 1.64 bits per heavy atom. The second-order valence-corrected chi connectivity index (χ2v) is 8.54. The zero-order chi connectivity index (χ0) is 20.5. The number of hydrogen-bond donors (Lipinski definition) is 2. The van der Waals surface area contributed by atoms with Crippen LogP contribution in [-0.4, -0.2) is 12.2 Å². The summed E-state index contributed by atoms with van der Waals surface area (Å²) in [7, 11) is 1.96. The first-order valence-corrected chi connectivity index (χ1v) is 12.2. The Balaban J connectivity index is 2.46. The Morgan fingerprint density at radius 1 is 0.643 bits per heavy atom. The highest BCUT2D eigenvalue weighted by Crippen LogP contribution is 2.27. The van der Waals surface area contributed by atoms with Gasteiger partial charge in [-0.25, -0.2) is 0 Å². The van der Waals surface area contributed by atoms with Crippen LogP contribution in [0.1, 0.15) is 120 Å². The second-order valence-electron chi connectivity index (χ2n) is 8.54. The van der Waals surface area contributed by atoms with Gasteiger partial charge in [-0.05, 0) is 43.9 Å². The van der Waals surface area contributed by atoms with Gasteiger partial charge in [0.2, 0.25) is 0 Å². The van der Waals surface area contributed by atoms with E-state index in [2.05, 4.69) is 31.3 Å².